The van der Waals surface area contributed by atoms with Crippen molar-refractivity contribution in [3.8, 4) is 0 Å². The van der Waals surface area contributed by atoms with E-state index in [2.05, 4.69) is 0 Å². The first-order valence-corrected chi connectivity index (χ1v) is 9.14. The SMILES string of the molecule is COC(=O)C(c1ccc(Cl)c(Cl)c1)N(C)S(=O)(=O)c1ccc(F)cc1. The highest BCUT2D eigenvalue weighted by atomic mass is 35.5. The number of benzene rings is 2. The molecule has 0 aliphatic carbocycles. The second-order valence-electron chi connectivity index (χ2n) is 5.07. The number of carbonyl (C=O) groups excluding carboxylic acids is 1. The standard InChI is InChI=1S/C16H14Cl2FNO4S/c1-20(25(22,23)12-6-4-11(19)5-7-12)15(16(21)24-2)10-3-8-13(17)14(18)9-10/h3-9,15H,1-2H3. The zero-order valence-corrected chi connectivity index (χ0v) is 15.6. The van der Waals surface area contributed by atoms with Crippen LogP contribution in [0.5, 0.6) is 0 Å². The van der Waals surface area contributed by atoms with Gasteiger partial charge in [0.25, 0.3) is 0 Å². The van der Waals surface area contributed by atoms with Crippen molar-refractivity contribution in [2.45, 2.75) is 10.9 Å². The third kappa shape index (κ3) is 4.12. The van der Waals surface area contributed by atoms with Crippen LogP contribution in [0.15, 0.2) is 47.4 Å². The topological polar surface area (TPSA) is 63.7 Å². The molecule has 0 aliphatic heterocycles. The fourth-order valence-electron chi connectivity index (χ4n) is 2.20. The Kier molecular flexibility index (Phi) is 6.05. The molecule has 0 N–H and O–H groups in total. The Balaban J connectivity index is 2.51. The molecule has 2 rings (SSSR count). The minimum absolute atomic E-state index is 0.162. The minimum Gasteiger partial charge on any atom is -0.468 e. The third-order valence-electron chi connectivity index (χ3n) is 3.54. The number of rotatable bonds is 5. The Bertz CT molecular complexity index is 888. The smallest absolute Gasteiger partial charge is 0.328 e. The number of methoxy groups -OCH3 is 1. The maximum atomic E-state index is 13.1. The van der Waals surface area contributed by atoms with Gasteiger partial charge in [-0.15, -0.1) is 0 Å². The molecule has 0 fully saturated rings. The van der Waals surface area contributed by atoms with Crippen LogP contribution in [-0.2, 0) is 19.6 Å². The Hall–Kier alpha value is -1.67. The molecule has 9 heteroatoms. The number of carbonyl (C=O) groups is 1. The molecule has 2 aromatic carbocycles. The lowest BCUT2D eigenvalue weighted by Crippen LogP contribution is -2.36. The summed E-state index contributed by atoms with van der Waals surface area (Å²) in [5.74, 6) is -1.37. The van der Waals surface area contributed by atoms with Crippen LogP contribution in [0.3, 0.4) is 0 Å². The Morgan fingerprint density at radius 3 is 2.24 bits per heavy atom. The summed E-state index contributed by atoms with van der Waals surface area (Å²) in [6, 6.07) is 7.31. The molecule has 5 nitrogen and oxygen atoms in total. The van der Waals surface area contributed by atoms with Gasteiger partial charge in [0.1, 0.15) is 11.9 Å². The molecule has 0 saturated heterocycles. The molecule has 0 amide bonds. The van der Waals surface area contributed by atoms with Crippen molar-refractivity contribution in [1.82, 2.24) is 4.31 Å². The summed E-state index contributed by atoms with van der Waals surface area (Å²) in [6.07, 6.45) is 0. The Labute approximate surface area is 155 Å². The van der Waals surface area contributed by atoms with Gasteiger partial charge in [0.05, 0.1) is 22.1 Å². The summed E-state index contributed by atoms with van der Waals surface area (Å²) in [4.78, 5) is 12.1. The maximum absolute atomic E-state index is 13.1. The van der Waals surface area contributed by atoms with Crippen LogP contribution in [0.1, 0.15) is 11.6 Å². The van der Waals surface area contributed by atoms with E-state index in [0.29, 0.717) is 0 Å². The molecule has 25 heavy (non-hydrogen) atoms. The largest absolute Gasteiger partial charge is 0.468 e. The molecule has 0 spiro atoms. The molecule has 2 aromatic rings. The van der Waals surface area contributed by atoms with Gasteiger partial charge in [-0.25, -0.2) is 17.6 Å². The predicted octanol–water partition coefficient (Wildman–Crippen LogP) is 3.67. The van der Waals surface area contributed by atoms with Crippen LogP contribution in [0.2, 0.25) is 10.0 Å². The number of hydrogen-bond donors (Lipinski definition) is 0. The molecule has 0 heterocycles. The van der Waals surface area contributed by atoms with Crippen molar-refractivity contribution in [3.05, 3.63) is 63.9 Å². The van der Waals surface area contributed by atoms with Crippen molar-refractivity contribution in [2.24, 2.45) is 0 Å². The molecule has 0 radical (unpaired) electrons. The molecule has 134 valence electrons. The molecule has 1 atom stereocenters. The molecule has 0 saturated carbocycles. The Morgan fingerprint density at radius 2 is 1.72 bits per heavy atom. The number of esters is 1. The van der Waals surface area contributed by atoms with E-state index in [4.69, 9.17) is 27.9 Å². The lowest BCUT2D eigenvalue weighted by atomic mass is 10.1. The van der Waals surface area contributed by atoms with Gasteiger partial charge in [0, 0.05) is 7.05 Å². The number of sulfonamides is 1. The van der Waals surface area contributed by atoms with E-state index >= 15 is 0 Å². The van der Waals surface area contributed by atoms with Gasteiger partial charge >= 0.3 is 5.97 Å². The first kappa shape index (κ1) is 19.7. The van der Waals surface area contributed by atoms with E-state index in [9.17, 15) is 17.6 Å². The predicted molar refractivity (Wildman–Crippen MR) is 92.6 cm³/mol. The van der Waals surface area contributed by atoms with Crippen molar-refractivity contribution >= 4 is 39.2 Å². The lowest BCUT2D eigenvalue weighted by molar-refractivity contribution is -0.145. The van der Waals surface area contributed by atoms with Crippen LogP contribution in [0, 0.1) is 5.82 Å². The summed E-state index contributed by atoms with van der Waals surface area (Å²) in [5, 5.41) is 0.429. The van der Waals surface area contributed by atoms with Gasteiger partial charge in [0.2, 0.25) is 10.0 Å². The zero-order chi connectivity index (χ0) is 18.8. The average molecular weight is 406 g/mol. The van der Waals surface area contributed by atoms with E-state index in [1.54, 1.807) is 0 Å². The third-order valence-corrected chi connectivity index (χ3v) is 6.11. The van der Waals surface area contributed by atoms with Gasteiger partial charge in [-0.3, -0.25) is 0 Å². The van der Waals surface area contributed by atoms with Gasteiger partial charge in [-0.2, -0.15) is 4.31 Å². The van der Waals surface area contributed by atoms with Crippen molar-refractivity contribution in [2.75, 3.05) is 14.2 Å². The summed E-state index contributed by atoms with van der Waals surface area (Å²) < 4.78 is 44.2. The minimum atomic E-state index is -4.09. The van der Waals surface area contributed by atoms with Crippen molar-refractivity contribution in [1.29, 1.82) is 0 Å². The van der Waals surface area contributed by atoms with Crippen molar-refractivity contribution < 1.29 is 22.3 Å². The molecular formula is C16H14Cl2FNO4S. The van der Waals surface area contributed by atoms with Gasteiger partial charge in [-0.1, -0.05) is 29.3 Å². The van der Waals surface area contributed by atoms with Crippen LogP contribution >= 0.6 is 23.2 Å². The summed E-state index contributed by atoms with van der Waals surface area (Å²) in [6.45, 7) is 0. The highest BCUT2D eigenvalue weighted by Crippen LogP contribution is 2.31. The monoisotopic (exact) mass is 405 g/mol. The fraction of sp³-hybridized carbons (Fsp3) is 0.188. The van der Waals surface area contributed by atoms with Crippen molar-refractivity contribution in [3.63, 3.8) is 0 Å². The highest BCUT2D eigenvalue weighted by molar-refractivity contribution is 7.89. The molecule has 0 aliphatic rings. The molecule has 0 bridgehead atoms. The van der Waals surface area contributed by atoms with Gasteiger partial charge < -0.3 is 4.74 Å². The number of ether oxygens (including phenoxy) is 1. The van der Waals surface area contributed by atoms with Crippen LogP contribution in [0.4, 0.5) is 4.39 Å². The molecule has 1 unspecified atom stereocenters. The summed E-state index contributed by atoms with van der Waals surface area (Å²) in [7, 11) is -1.72. The molecule has 0 aromatic heterocycles. The van der Waals surface area contributed by atoms with E-state index in [-0.39, 0.29) is 20.5 Å². The van der Waals surface area contributed by atoms with E-state index in [1.165, 1.54) is 25.2 Å². The quantitative estimate of drug-likeness (QED) is 0.711. The van der Waals surface area contributed by atoms with Gasteiger partial charge in [-0.05, 0) is 42.0 Å². The van der Waals surface area contributed by atoms with Crippen LogP contribution in [0.25, 0.3) is 0 Å². The fourth-order valence-corrected chi connectivity index (χ4v) is 3.80. The average Bonchev–Trinajstić information content (AvgIpc) is 2.58. The number of nitrogens with zero attached hydrogens (tertiary/aromatic N) is 1. The molecular weight excluding hydrogens is 392 g/mol. The first-order valence-electron chi connectivity index (χ1n) is 6.95. The van der Waals surface area contributed by atoms with Gasteiger partial charge in [0.15, 0.2) is 0 Å². The number of likely N-dealkylation sites (N-methyl/N-ethyl adjacent to an activating group) is 1. The van der Waals surface area contributed by atoms with E-state index < -0.39 is 27.9 Å². The summed E-state index contributed by atoms with van der Waals surface area (Å²) >= 11 is 11.8. The van der Waals surface area contributed by atoms with E-state index in [0.717, 1.165) is 35.7 Å². The maximum Gasteiger partial charge on any atom is 0.328 e. The Morgan fingerprint density at radius 1 is 1.12 bits per heavy atom. The lowest BCUT2D eigenvalue weighted by Gasteiger charge is -2.26. The highest BCUT2D eigenvalue weighted by Gasteiger charge is 2.35. The second kappa shape index (κ2) is 7.70. The second-order valence-corrected chi connectivity index (χ2v) is 7.89. The van der Waals surface area contributed by atoms with Crippen LogP contribution < -0.4 is 0 Å². The normalized spacial score (nSPS) is 12.9. The van der Waals surface area contributed by atoms with Crippen LogP contribution in [-0.4, -0.2) is 32.8 Å². The first-order chi connectivity index (χ1) is 11.7. The zero-order valence-electron chi connectivity index (χ0n) is 13.2. The number of hydrogen-bond acceptors (Lipinski definition) is 4. The number of halogens is 3. The summed E-state index contributed by atoms with van der Waals surface area (Å²) in [5.41, 5.74) is 0.287. The van der Waals surface area contributed by atoms with E-state index in [1.807, 2.05) is 0 Å².